The molecule has 2 aliphatic rings. The SMILES string of the molecule is Cc1nn2c(=O)c(C(=O)NC3CC3)c(O)n(CC(C)C)c2c1C=CC(=O)N1CCC(F)CC1. The van der Waals surface area contributed by atoms with Gasteiger partial charge in [0.05, 0.1) is 5.69 Å². The Kier molecular flexibility index (Phi) is 6.27. The van der Waals surface area contributed by atoms with E-state index in [1.807, 2.05) is 13.8 Å². The highest BCUT2D eigenvalue weighted by atomic mass is 19.1. The molecule has 178 valence electrons. The van der Waals surface area contributed by atoms with E-state index in [4.69, 9.17) is 0 Å². The van der Waals surface area contributed by atoms with Crippen LogP contribution in [-0.4, -0.2) is 61.3 Å². The van der Waals surface area contributed by atoms with Crippen LogP contribution in [0.3, 0.4) is 0 Å². The fourth-order valence-corrected chi connectivity index (χ4v) is 4.11. The van der Waals surface area contributed by atoms with Crippen molar-refractivity contribution < 1.29 is 19.1 Å². The van der Waals surface area contributed by atoms with Gasteiger partial charge in [0.25, 0.3) is 11.5 Å². The maximum absolute atomic E-state index is 13.4. The van der Waals surface area contributed by atoms with E-state index in [0.29, 0.717) is 49.4 Å². The molecule has 33 heavy (non-hydrogen) atoms. The van der Waals surface area contributed by atoms with Crippen molar-refractivity contribution in [3.63, 3.8) is 0 Å². The number of carbonyl (C=O) groups excluding carboxylic acids is 2. The van der Waals surface area contributed by atoms with E-state index in [1.165, 1.54) is 10.6 Å². The summed E-state index contributed by atoms with van der Waals surface area (Å²) in [6.07, 6.45) is 4.42. The highest BCUT2D eigenvalue weighted by molar-refractivity contribution is 5.97. The molecule has 0 aromatic carbocycles. The van der Waals surface area contributed by atoms with E-state index < -0.39 is 23.5 Å². The second-order valence-corrected chi connectivity index (χ2v) is 9.32. The minimum Gasteiger partial charge on any atom is -0.494 e. The average molecular weight is 460 g/mol. The summed E-state index contributed by atoms with van der Waals surface area (Å²) >= 11 is 0. The number of aryl methyl sites for hydroxylation is 1. The number of likely N-dealkylation sites (tertiary alicyclic amines) is 1. The van der Waals surface area contributed by atoms with Crippen LogP contribution < -0.4 is 10.9 Å². The molecule has 4 rings (SSSR count). The molecule has 1 saturated carbocycles. The summed E-state index contributed by atoms with van der Waals surface area (Å²) in [6, 6.07) is 0.0249. The van der Waals surface area contributed by atoms with Crippen molar-refractivity contribution in [2.24, 2.45) is 5.92 Å². The fraction of sp³-hybridized carbons (Fsp3) is 0.565. The Hall–Kier alpha value is -3.17. The molecular weight excluding hydrogens is 429 g/mol. The van der Waals surface area contributed by atoms with Gasteiger partial charge >= 0.3 is 0 Å². The van der Waals surface area contributed by atoms with Crippen LogP contribution in [0.25, 0.3) is 11.7 Å². The second kappa shape index (κ2) is 8.99. The van der Waals surface area contributed by atoms with Crippen LogP contribution in [0, 0.1) is 12.8 Å². The number of hydrogen-bond acceptors (Lipinski definition) is 5. The Labute approximate surface area is 190 Å². The zero-order valence-corrected chi connectivity index (χ0v) is 19.2. The molecule has 0 radical (unpaired) electrons. The van der Waals surface area contributed by atoms with Gasteiger partial charge in [-0.1, -0.05) is 13.8 Å². The third-order valence-corrected chi connectivity index (χ3v) is 6.04. The summed E-state index contributed by atoms with van der Waals surface area (Å²) in [5, 5.41) is 18.1. The van der Waals surface area contributed by atoms with Crippen molar-refractivity contribution in [2.45, 2.75) is 65.2 Å². The van der Waals surface area contributed by atoms with Crippen molar-refractivity contribution in [3.8, 4) is 5.88 Å². The number of alkyl halides is 1. The van der Waals surface area contributed by atoms with Gasteiger partial charge < -0.3 is 15.3 Å². The van der Waals surface area contributed by atoms with E-state index in [0.717, 1.165) is 17.4 Å². The number of fused-ring (bicyclic) bond motifs is 1. The predicted molar refractivity (Wildman–Crippen MR) is 121 cm³/mol. The van der Waals surface area contributed by atoms with Gasteiger partial charge in [0, 0.05) is 37.3 Å². The second-order valence-electron chi connectivity index (χ2n) is 9.32. The van der Waals surface area contributed by atoms with Crippen LogP contribution in [0.15, 0.2) is 10.9 Å². The first kappa shape index (κ1) is 23.0. The molecule has 0 bridgehead atoms. The summed E-state index contributed by atoms with van der Waals surface area (Å²) in [4.78, 5) is 40.1. The first-order valence-corrected chi connectivity index (χ1v) is 11.4. The maximum Gasteiger partial charge on any atom is 0.291 e. The van der Waals surface area contributed by atoms with Gasteiger partial charge in [-0.15, -0.1) is 0 Å². The molecule has 2 aromatic heterocycles. The molecule has 1 aliphatic heterocycles. The van der Waals surface area contributed by atoms with Crippen LogP contribution in [0.1, 0.15) is 61.1 Å². The van der Waals surface area contributed by atoms with Gasteiger partial charge in [-0.3, -0.25) is 19.0 Å². The van der Waals surface area contributed by atoms with Crippen LogP contribution >= 0.6 is 0 Å². The van der Waals surface area contributed by atoms with Crippen molar-refractivity contribution >= 4 is 23.5 Å². The summed E-state index contributed by atoms with van der Waals surface area (Å²) in [7, 11) is 0. The van der Waals surface area contributed by atoms with E-state index in [-0.39, 0.29) is 23.4 Å². The summed E-state index contributed by atoms with van der Waals surface area (Å²) in [6.45, 7) is 6.66. The molecule has 3 heterocycles. The van der Waals surface area contributed by atoms with Crippen LogP contribution in [0.4, 0.5) is 4.39 Å². The number of aromatic hydroxyl groups is 1. The highest BCUT2D eigenvalue weighted by Crippen LogP contribution is 2.26. The maximum atomic E-state index is 13.4. The van der Waals surface area contributed by atoms with Crippen molar-refractivity contribution in [1.29, 1.82) is 0 Å². The minimum atomic E-state index is -0.875. The van der Waals surface area contributed by atoms with E-state index in [1.54, 1.807) is 17.9 Å². The zero-order chi connectivity index (χ0) is 23.9. The summed E-state index contributed by atoms with van der Waals surface area (Å²) in [5.74, 6) is -1.18. The normalized spacial score (nSPS) is 17.4. The molecule has 10 heteroatoms. The monoisotopic (exact) mass is 459 g/mol. The Morgan fingerprint density at radius 3 is 2.52 bits per heavy atom. The third kappa shape index (κ3) is 4.65. The fourth-order valence-electron chi connectivity index (χ4n) is 4.11. The average Bonchev–Trinajstić information content (AvgIpc) is 3.50. The lowest BCUT2D eigenvalue weighted by atomic mass is 10.1. The molecule has 2 N–H and O–H groups in total. The Balaban J connectivity index is 1.77. The molecule has 2 fully saturated rings. The van der Waals surface area contributed by atoms with Crippen molar-refractivity contribution in [1.82, 2.24) is 24.4 Å². The van der Waals surface area contributed by atoms with Gasteiger partial charge in [0.1, 0.15) is 11.8 Å². The minimum absolute atomic E-state index is 0.0249. The molecule has 2 amide bonds. The van der Waals surface area contributed by atoms with Gasteiger partial charge in [-0.2, -0.15) is 9.61 Å². The third-order valence-electron chi connectivity index (χ3n) is 6.04. The molecule has 0 unspecified atom stereocenters. The lowest BCUT2D eigenvalue weighted by Gasteiger charge is -2.27. The lowest BCUT2D eigenvalue weighted by Crippen LogP contribution is -2.38. The van der Waals surface area contributed by atoms with Crippen LogP contribution in [0.2, 0.25) is 0 Å². The first-order chi connectivity index (χ1) is 15.7. The topological polar surface area (TPSA) is 109 Å². The van der Waals surface area contributed by atoms with Gasteiger partial charge in [0.15, 0.2) is 5.56 Å². The standard InChI is InChI=1S/C23H30FN5O4/c1-13(2)12-28-21-17(6-7-18(30)27-10-8-15(24)9-11-27)14(3)26-29(21)23(33)19(22(28)32)20(31)25-16-4-5-16/h6-7,13,15-16,32H,4-5,8-12H2,1-3H3,(H,25,31). The number of aromatic nitrogens is 3. The van der Waals surface area contributed by atoms with E-state index >= 15 is 0 Å². The lowest BCUT2D eigenvalue weighted by molar-refractivity contribution is -0.127. The number of rotatable bonds is 6. The Morgan fingerprint density at radius 2 is 1.91 bits per heavy atom. The van der Waals surface area contributed by atoms with E-state index in [2.05, 4.69) is 10.4 Å². The molecule has 9 nitrogen and oxygen atoms in total. The van der Waals surface area contributed by atoms with Gasteiger partial charge in [-0.05, 0) is 44.6 Å². The number of piperidine rings is 1. The number of amides is 2. The number of nitrogens with one attached hydrogen (secondary N) is 1. The van der Waals surface area contributed by atoms with Crippen LogP contribution in [-0.2, 0) is 11.3 Å². The van der Waals surface area contributed by atoms with E-state index in [9.17, 15) is 23.9 Å². The quantitative estimate of drug-likeness (QED) is 0.643. The summed E-state index contributed by atoms with van der Waals surface area (Å²) in [5.41, 5.74) is 0.261. The predicted octanol–water partition coefficient (Wildman–Crippen LogP) is 2.03. The first-order valence-electron chi connectivity index (χ1n) is 11.4. The Morgan fingerprint density at radius 1 is 1.24 bits per heavy atom. The van der Waals surface area contributed by atoms with Crippen LogP contribution in [0.5, 0.6) is 5.88 Å². The number of hydrogen-bond donors (Lipinski definition) is 2. The molecule has 0 spiro atoms. The number of carbonyl (C=O) groups is 2. The molecule has 2 aromatic rings. The molecular formula is C23H30FN5O4. The molecule has 1 aliphatic carbocycles. The van der Waals surface area contributed by atoms with Crippen molar-refractivity contribution in [2.75, 3.05) is 13.1 Å². The molecule has 0 atom stereocenters. The zero-order valence-electron chi connectivity index (χ0n) is 19.2. The highest BCUT2D eigenvalue weighted by Gasteiger charge is 2.30. The number of nitrogens with zero attached hydrogens (tertiary/aromatic N) is 4. The number of halogens is 1. The van der Waals surface area contributed by atoms with Crippen molar-refractivity contribution in [3.05, 3.63) is 33.3 Å². The largest absolute Gasteiger partial charge is 0.494 e. The molecule has 1 saturated heterocycles. The van der Waals surface area contributed by atoms with Gasteiger partial charge in [-0.25, -0.2) is 4.39 Å². The summed E-state index contributed by atoms with van der Waals surface area (Å²) < 4.78 is 16.0. The smallest absolute Gasteiger partial charge is 0.291 e. The Bertz CT molecular complexity index is 1170. The van der Waals surface area contributed by atoms with Gasteiger partial charge in [0.2, 0.25) is 11.8 Å².